The van der Waals surface area contributed by atoms with Gasteiger partial charge in [0.2, 0.25) is 0 Å². The number of anilines is 2. The molecule has 0 atom stereocenters. The minimum Gasteiger partial charge on any atom is -0.384 e. The quantitative estimate of drug-likeness (QED) is 0.825. The lowest BCUT2D eigenvalue weighted by Gasteiger charge is -2.19. The molecule has 3 N–H and O–H groups in total. The molecule has 1 rings (SSSR count). The monoisotopic (exact) mass is 222 g/mol. The van der Waals surface area contributed by atoms with Crippen molar-refractivity contribution in [3.05, 3.63) is 11.9 Å². The van der Waals surface area contributed by atoms with Gasteiger partial charge in [0.1, 0.15) is 17.5 Å². The molecule has 16 heavy (non-hydrogen) atoms. The van der Waals surface area contributed by atoms with Crippen molar-refractivity contribution in [3.63, 3.8) is 0 Å². The van der Waals surface area contributed by atoms with Crippen LogP contribution in [0.5, 0.6) is 0 Å². The summed E-state index contributed by atoms with van der Waals surface area (Å²) in [4.78, 5) is 8.64. The van der Waals surface area contributed by atoms with Gasteiger partial charge in [-0.3, -0.25) is 0 Å². The van der Waals surface area contributed by atoms with Crippen molar-refractivity contribution in [1.29, 1.82) is 0 Å². The van der Waals surface area contributed by atoms with E-state index in [0.29, 0.717) is 11.7 Å². The van der Waals surface area contributed by atoms with E-state index >= 15 is 0 Å². The number of nitrogens with zero attached hydrogens (tertiary/aromatic N) is 2. The number of nitrogens with two attached hydrogens (primary N) is 1. The van der Waals surface area contributed by atoms with Gasteiger partial charge in [-0.15, -0.1) is 0 Å². The van der Waals surface area contributed by atoms with Gasteiger partial charge in [0.25, 0.3) is 0 Å². The molecule has 4 heteroatoms. The third-order valence-corrected chi connectivity index (χ3v) is 2.08. The van der Waals surface area contributed by atoms with Crippen molar-refractivity contribution < 1.29 is 0 Å². The van der Waals surface area contributed by atoms with E-state index in [2.05, 4.69) is 49.9 Å². The molecular weight excluding hydrogens is 200 g/mol. The lowest BCUT2D eigenvalue weighted by atomic mass is 9.97. The van der Waals surface area contributed by atoms with Crippen LogP contribution in [0.15, 0.2) is 6.07 Å². The van der Waals surface area contributed by atoms with E-state index in [9.17, 15) is 0 Å². The fourth-order valence-corrected chi connectivity index (χ4v) is 1.19. The highest BCUT2D eigenvalue weighted by Gasteiger charge is 2.11. The zero-order chi connectivity index (χ0) is 12.3. The van der Waals surface area contributed by atoms with E-state index in [1.54, 1.807) is 6.07 Å². The van der Waals surface area contributed by atoms with E-state index in [-0.39, 0.29) is 5.41 Å². The topological polar surface area (TPSA) is 63.8 Å². The zero-order valence-corrected chi connectivity index (χ0v) is 10.8. The Kier molecular flexibility index (Phi) is 3.73. The molecule has 90 valence electrons. The fraction of sp³-hybridized carbons (Fsp3) is 0.667. The number of rotatable bonds is 3. The molecule has 0 bridgehead atoms. The Labute approximate surface area is 97.7 Å². The Balaban J connectivity index is 2.81. The van der Waals surface area contributed by atoms with Crippen molar-refractivity contribution in [2.45, 2.75) is 40.5 Å². The second-order valence-corrected chi connectivity index (χ2v) is 5.61. The van der Waals surface area contributed by atoms with E-state index in [4.69, 9.17) is 5.73 Å². The predicted molar refractivity (Wildman–Crippen MR) is 68.5 cm³/mol. The van der Waals surface area contributed by atoms with Gasteiger partial charge in [0, 0.05) is 18.5 Å². The first kappa shape index (κ1) is 12.7. The highest BCUT2D eigenvalue weighted by atomic mass is 15.1. The average molecular weight is 222 g/mol. The van der Waals surface area contributed by atoms with Crippen LogP contribution in [0.25, 0.3) is 0 Å². The third-order valence-electron chi connectivity index (χ3n) is 2.08. The summed E-state index contributed by atoms with van der Waals surface area (Å²) in [5.41, 5.74) is 5.97. The number of aromatic nitrogens is 2. The molecule has 0 aliphatic rings. The maximum Gasteiger partial charge on any atom is 0.135 e. The van der Waals surface area contributed by atoms with Crippen LogP contribution < -0.4 is 11.1 Å². The van der Waals surface area contributed by atoms with Crippen LogP contribution in [0.1, 0.15) is 46.4 Å². The van der Waals surface area contributed by atoms with Crippen LogP contribution in [0.4, 0.5) is 11.6 Å². The van der Waals surface area contributed by atoms with Gasteiger partial charge in [-0.2, -0.15) is 0 Å². The molecule has 0 saturated carbocycles. The van der Waals surface area contributed by atoms with E-state index in [0.717, 1.165) is 18.2 Å². The zero-order valence-electron chi connectivity index (χ0n) is 10.8. The summed E-state index contributed by atoms with van der Waals surface area (Å²) in [6.07, 6.45) is 0. The van der Waals surface area contributed by atoms with Crippen molar-refractivity contribution >= 4 is 11.6 Å². The highest BCUT2D eigenvalue weighted by molar-refractivity contribution is 5.45. The summed E-state index contributed by atoms with van der Waals surface area (Å²) in [6, 6.07) is 1.78. The molecule has 0 amide bonds. The molecule has 1 aromatic heterocycles. The molecule has 0 aliphatic heterocycles. The molecule has 0 fully saturated rings. The van der Waals surface area contributed by atoms with Gasteiger partial charge in [0.15, 0.2) is 0 Å². The minimum atomic E-state index is 0.220. The van der Waals surface area contributed by atoms with Crippen LogP contribution in [0, 0.1) is 5.41 Å². The fourth-order valence-electron chi connectivity index (χ4n) is 1.19. The Morgan fingerprint density at radius 3 is 2.44 bits per heavy atom. The van der Waals surface area contributed by atoms with Gasteiger partial charge in [-0.05, 0) is 5.41 Å². The SMILES string of the molecule is CC(C)c1nc(N)cc(NCC(C)(C)C)n1. The first-order valence-corrected chi connectivity index (χ1v) is 5.66. The standard InChI is InChI=1S/C12H22N4/c1-8(2)11-15-9(13)6-10(16-11)14-7-12(3,4)5/h6,8H,7H2,1-5H3,(H3,13,14,15,16). The lowest BCUT2D eigenvalue weighted by molar-refractivity contribution is 0.442. The number of hydrogen-bond acceptors (Lipinski definition) is 4. The maximum atomic E-state index is 5.75. The number of nitrogen functional groups attached to an aromatic ring is 1. The molecule has 1 aromatic rings. The molecule has 1 heterocycles. The highest BCUT2D eigenvalue weighted by Crippen LogP contribution is 2.17. The Hall–Kier alpha value is -1.32. The first-order chi connectivity index (χ1) is 7.28. The summed E-state index contributed by atoms with van der Waals surface area (Å²) >= 11 is 0. The van der Waals surface area contributed by atoms with Gasteiger partial charge in [0.05, 0.1) is 0 Å². The molecule has 0 spiro atoms. The van der Waals surface area contributed by atoms with Crippen LogP contribution in [0.3, 0.4) is 0 Å². The van der Waals surface area contributed by atoms with Gasteiger partial charge >= 0.3 is 0 Å². The van der Waals surface area contributed by atoms with E-state index in [1.807, 2.05) is 0 Å². The van der Waals surface area contributed by atoms with Crippen LogP contribution in [-0.2, 0) is 0 Å². The average Bonchev–Trinajstić information content (AvgIpc) is 2.13. The Morgan fingerprint density at radius 1 is 1.31 bits per heavy atom. The number of nitrogens with one attached hydrogen (secondary N) is 1. The second kappa shape index (κ2) is 4.68. The Morgan fingerprint density at radius 2 is 1.94 bits per heavy atom. The molecule has 4 nitrogen and oxygen atoms in total. The molecule has 0 aliphatic carbocycles. The smallest absolute Gasteiger partial charge is 0.135 e. The van der Waals surface area contributed by atoms with Crippen molar-refractivity contribution in [2.24, 2.45) is 5.41 Å². The second-order valence-electron chi connectivity index (χ2n) is 5.61. The number of hydrogen-bond donors (Lipinski definition) is 2. The van der Waals surface area contributed by atoms with Gasteiger partial charge < -0.3 is 11.1 Å². The Bertz CT molecular complexity index is 353. The van der Waals surface area contributed by atoms with Crippen LogP contribution >= 0.6 is 0 Å². The molecule has 0 saturated heterocycles. The summed E-state index contributed by atoms with van der Waals surface area (Å²) in [5, 5.41) is 3.29. The van der Waals surface area contributed by atoms with Crippen molar-refractivity contribution in [2.75, 3.05) is 17.6 Å². The van der Waals surface area contributed by atoms with E-state index < -0.39 is 0 Å². The molecule has 0 unspecified atom stereocenters. The van der Waals surface area contributed by atoms with Crippen molar-refractivity contribution in [3.8, 4) is 0 Å². The first-order valence-electron chi connectivity index (χ1n) is 5.66. The van der Waals surface area contributed by atoms with Gasteiger partial charge in [-0.25, -0.2) is 9.97 Å². The summed E-state index contributed by atoms with van der Waals surface area (Å²) < 4.78 is 0. The lowest BCUT2D eigenvalue weighted by Crippen LogP contribution is -2.20. The van der Waals surface area contributed by atoms with Crippen LogP contribution in [-0.4, -0.2) is 16.5 Å². The molecule has 0 aromatic carbocycles. The summed E-state index contributed by atoms with van der Waals surface area (Å²) in [7, 11) is 0. The van der Waals surface area contributed by atoms with Gasteiger partial charge in [-0.1, -0.05) is 34.6 Å². The predicted octanol–water partition coefficient (Wildman–Crippen LogP) is 2.64. The largest absolute Gasteiger partial charge is 0.384 e. The minimum absolute atomic E-state index is 0.220. The third kappa shape index (κ3) is 4.04. The summed E-state index contributed by atoms with van der Waals surface area (Å²) in [5.74, 6) is 2.41. The van der Waals surface area contributed by atoms with Crippen LogP contribution in [0.2, 0.25) is 0 Å². The van der Waals surface area contributed by atoms with E-state index in [1.165, 1.54) is 0 Å². The molecule has 0 radical (unpaired) electrons. The normalized spacial score (nSPS) is 11.9. The summed E-state index contributed by atoms with van der Waals surface area (Å²) in [6.45, 7) is 11.5. The maximum absolute atomic E-state index is 5.75. The van der Waals surface area contributed by atoms with Crippen molar-refractivity contribution in [1.82, 2.24) is 9.97 Å². The molecular formula is C12H22N4.